The molecule has 0 radical (unpaired) electrons. The summed E-state index contributed by atoms with van der Waals surface area (Å²) in [5, 5.41) is 0. The van der Waals surface area contributed by atoms with Crippen molar-refractivity contribution in [3.8, 4) is 0 Å². The Kier molecular flexibility index (Phi) is 2.72. The summed E-state index contributed by atoms with van der Waals surface area (Å²) in [5.41, 5.74) is 0. The van der Waals surface area contributed by atoms with Crippen molar-refractivity contribution in [1.82, 2.24) is 0 Å². The maximum Gasteiger partial charge on any atom is 0.309 e. The van der Waals surface area contributed by atoms with Crippen LogP contribution in [0.2, 0.25) is 0 Å². The van der Waals surface area contributed by atoms with Crippen LogP contribution in [-0.4, -0.2) is 25.3 Å². The Balaban J connectivity index is 1.48. The molecule has 1 saturated heterocycles. The first-order valence-corrected chi connectivity index (χ1v) is 6.29. The average molecular weight is 222 g/mol. The Morgan fingerprint density at radius 2 is 2.31 bits per heavy atom. The number of allylic oxidation sites excluding steroid dienone is 2. The van der Waals surface area contributed by atoms with Gasteiger partial charge < -0.3 is 9.47 Å². The van der Waals surface area contributed by atoms with Crippen LogP contribution in [0, 0.1) is 17.8 Å². The monoisotopic (exact) mass is 222 g/mol. The van der Waals surface area contributed by atoms with Gasteiger partial charge in [-0.25, -0.2) is 0 Å². The third kappa shape index (κ3) is 1.88. The molecule has 2 bridgehead atoms. The Morgan fingerprint density at radius 3 is 2.94 bits per heavy atom. The van der Waals surface area contributed by atoms with E-state index in [4.69, 9.17) is 9.47 Å². The largest absolute Gasteiger partial charge is 0.463 e. The predicted molar refractivity (Wildman–Crippen MR) is 58.8 cm³/mol. The number of hydrogen-bond donors (Lipinski definition) is 0. The van der Waals surface area contributed by atoms with Gasteiger partial charge >= 0.3 is 5.97 Å². The van der Waals surface area contributed by atoms with E-state index in [2.05, 4.69) is 12.2 Å². The zero-order valence-corrected chi connectivity index (χ0v) is 9.43. The molecule has 1 aliphatic heterocycles. The molecule has 0 aromatic rings. The van der Waals surface area contributed by atoms with Crippen LogP contribution in [-0.2, 0) is 14.3 Å². The molecule has 3 heteroatoms. The second kappa shape index (κ2) is 4.21. The van der Waals surface area contributed by atoms with Gasteiger partial charge in [0.25, 0.3) is 0 Å². The standard InChI is InChI=1S/C13H18O3/c14-13(16-8-11-2-1-5-15-11)12-7-9-3-4-10(12)6-9/h3-4,9-12H,1-2,5-8H2/t9-,10-,11+,12+/m1/s1. The topological polar surface area (TPSA) is 35.5 Å². The highest BCUT2D eigenvalue weighted by Gasteiger charge is 2.40. The van der Waals surface area contributed by atoms with Gasteiger partial charge in [-0.3, -0.25) is 4.79 Å². The first kappa shape index (κ1) is 10.3. The van der Waals surface area contributed by atoms with Crippen LogP contribution in [0.25, 0.3) is 0 Å². The molecule has 4 atom stereocenters. The van der Waals surface area contributed by atoms with Gasteiger partial charge in [-0.1, -0.05) is 12.2 Å². The number of carbonyl (C=O) groups excluding carboxylic acids is 1. The van der Waals surface area contributed by atoms with Crippen LogP contribution < -0.4 is 0 Å². The fraction of sp³-hybridized carbons (Fsp3) is 0.769. The van der Waals surface area contributed by atoms with Crippen LogP contribution in [0.15, 0.2) is 12.2 Å². The van der Waals surface area contributed by atoms with E-state index in [1.54, 1.807) is 0 Å². The quantitative estimate of drug-likeness (QED) is 0.540. The summed E-state index contributed by atoms with van der Waals surface area (Å²) in [7, 11) is 0. The van der Waals surface area contributed by atoms with Crippen molar-refractivity contribution in [2.45, 2.75) is 31.8 Å². The van der Waals surface area contributed by atoms with Crippen LogP contribution in [0.4, 0.5) is 0 Å². The average Bonchev–Trinajstić information content (AvgIpc) is 3.01. The minimum Gasteiger partial charge on any atom is -0.463 e. The van der Waals surface area contributed by atoms with Crippen LogP contribution in [0.3, 0.4) is 0 Å². The Hall–Kier alpha value is -0.830. The Labute approximate surface area is 95.8 Å². The maximum absolute atomic E-state index is 11.9. The summed E-state index contributed by atoms with van der Waals surface area (Å²) in [4.78, 5) is 11.9. The highest BCUT2D eigenvalue weighted by atomic mass is 16.6. The number of hydrogen-bond acceptors (Lipinski definition) is 3. The molecule has 0 aromatic heterocycles. The molecule has 0 spiro atoms. The first-order valence-electron chi connectivity index (χ1n) is 6.29. The summed E-state index contributed by atoms with van der Waals surface area (Å²) in [6, 6.07) is 0. The molecule has 3 nitrogen and oxygen atoms in total. The molecule has 0 N–H and O–H groups in total. The summed E-state index contributed by atoms with van der Waals surface area (Å²) in [5.74, 6) is 1.19. The molecule has 3 rings (SSSR count). The molecule has 1 saturated carbocycles. The van der Waals surface area contributed by atoms with Gasteiger partial charge in [0.2, 0.25) is 0 Å². The molecule has 3 aliphatic rings. The van der Waals surface area contributed by atoms with Crippen molar-refractivity contribution >= 4 is 5.97 Å². The number of carbonyl (C=O) groups is 1. The minimum atomic E-state index is -0.00708. The molecular weight excluding hydrogens is 204 g/mol. The zero-order valence-electron chi connectivity index (χ0n) is 9.43. The van der Waals surface area contributed by atoms with Crippen LogP contribution in [0.5, 0.6) is 0 Å². The van der Waals surface area contributed by atoms with Gasteiger partial charge in [-0.2, -0.15) is 0 Å². The van der Waals surface area contributed by atoms with E-state index in [1.165, 1.54) is 0 Å². The number of fused-ring (bicyclic) bond motifs is 2. The second-order valence-electron chi connectivity index (χ2n) is 5.15. The molecule has 2 aliphatic carbocycles. The molecule has 1 heterocycles. The van der Waals surface area contributed by atoms with Crippen LogP contribution >= 0.6 is 0 Å². The SMILES string of the molecule is O=C(OC[C@@H]1CCCO1)[C@H]1C[C@@H]2C=C[C@@H]1C2. The highest BCUT2D eigenvalue weighted by Crippen LogP contribution is 2.43. The van der Waals surface area contributed by atoms with Gasteiger partial charge in [0.1, 0.15) is 6.61 Å². The van der Waals surface area contributed by atoms with Crippen molar-refractivity contribution < 1.29 is 14.3 Å². The first-order chi connectivity index (χ1) is 7.83. The molecular formula is C13H18O3. The molecule has 16 heavy (non-hydrogen) atoms. The normalized spacial score (nSPS) is 40.5. The van der Waals surface area contributed by atoms with E-state index in [0.29, 0.717) is 18.4 Å². The summed E-state index contributed by atoms with van der Waals surface area (Å²) < 4.78 is 10.8. The van der Waals surface area contributed by atoms with Crippen molar-refractivity contribution in [2.75, 3.05) is 13.2 Å². The van der Waals surface area contributed by atoms with Crippen molar-refractivity contribution in [3.63, 3.8) is 0 Å². The van der Waals surface area contributed by atoms with Crippen molar-refractivity contribution in [3.05, 3.63) is 12.2 Å². The smallest absolute Gasteiger partial charge is 0.309 e. The highest BCUT2D eigenvalue weighted by molar-refractivity contribution is 5.74. The lowest BCUT2D eigenvalue weighted by atomic mass is 9.94. The third-order valence-corrected chi connectivity index (χ3v) is 4.02. The molecule has 0 unspecified atom stereocenters. The second-order valence-corrected chi connectivity index (χ2v) is 5.15. The number of ether oxygens (including phenoxy) is 2. The number of rotatable bonds is 3. The maximum atomic E-state index is 11.9. The van der Waals surface area contributed by atoms with E-state index in [-0.39, 0.29) is 18.0 Å². The van der Waals surface area contributed by atoms with Gasteiger partial charge in [0.15, 0.2) is 0 Å². The lowest BCUT2D eigenvalue weighted by molar-refractivity contribution is -0.152. The fourth-order valence-corrected chi connectivity index (χ4v) is 3.11. The van der Waals surface area contributed by atoms with E-state index < -0.39 is 0 Å². The Bertz CT molecular complexity index is 304. The van der Waals surface area contributed by atoms with E-state index in [0.717, 1.165) is 32.3 Å². The minimum absolute atomic E-state index is 0.00708. The fourth-order valence-electron chi connectivity index (χ4n) is 3.11. The van der Waals surface area contributed by atoms with E-state index in [1.807, 2.05) is 0 Å². The van der Waals surface area contributed by atoms with Crippen molar-refractivity contribution in [2.24, 2.45) is 17.8 Å². The third-order valence-electron chi connectivity index (χ3n) is 4.02. The molecule has 88 valence electrons. The van der Waals surface area contributed by atoms with Gasteiger partial charge in [-0.05, 0) is 37.5 Å². The van der Waals surface area contributed by atoms with Gasteiger partial charge in [-0.15, -0.1) is 0 Å². The van der Waals surface area contributed by atoms with Gasteiger partial charge in [0.05, 0.1) is 12.0 Å². The summed E-state index contributed by atoms with van der Waals surface area (Å²) in [6.45, 7) is 1.27. The molecule has 0 aromatic carbocycles. The van der Waals surface area contributed by atoms with Gasteiger partial charge in [0, 0.05) is 6.61 Å². The zero-order chi connectivity index (χ0) is 11.0. The van der Waals surface area contributed by atoms with E-state index in [9.17, 15) is 4.79 Å². The lowest BCUT2D eigenvalue weighted by Crippen LogP contribution is -2.25. The molecule has 2 fully saturated rings. The number of esters is 1. The Morgan fingerprint density at radius 1 is 1.38 bits per heavy atom. The lowest BCUT2D eigenvalue weighted by Gasteiger charge is -2.18. The van der Waals surface area contributed by atoms with Crippen LogP contribution in [0.1, 0.15) is 25.7 Å². The van der Waals surface area contributed by atoms with Crippen molar-refractivity contribution in [1.29, 1.82) is 0 Å². The molecule has 0 amide bonds. The summed E-state index contributed by atoms with van der Waals surface area (Å²) >= 11 is 0. The summed E-state index contributed by atoms with van der Waals surface area (Å²) in [6.07, 6.45) is 8.85. The predicted octanol–water partition coefficient (Wildman–Crippen LogP) is 1.92. The van der Waals surface area contributed by atoms with E-state index >= 15 is 0 Å².